The van der Waals surface area contributed by atoms with Crippen LogP contribution in [0.15, 0.2) is 28.7 Å². The van der Waals surface area contributed by atoms with Gasteiger partial charge in [-0.05, 0) is 49.9 Å². The van der Waals surface area contributed by atoms with E-state index >= 15 is 0 Å². The lowest BCUT2D eigenvalue weighted by Gasteiger charge is -2.31. The molecule has 1 fully saturated rings. The van der Waals surface area contributed by atoms with Crippen LogP contribution >= 0.6 is 15.9 Å². The van der Waals surface area contributed by atoms with E-state index in [4.69, 9.17) is 0 Å². The Morgan fingerprint density at radius 2 is 1.79 bits per heavy atom. The molecule has 2 aromatic rings. The van der Waals surface area contributed by atoms with Crippen molar-refractivity contribution in [3.8, 4) is 0 Å². The zero-order valence-electron chi connectivity index (χ0n) is 16.4. The minimum absolute atomic E-state index is 0.0301. The van der Waals surface area contributed by atoms with Crippen molar-refractivity contribution in [3.05, 3.63) is 46.0 Å². The Bertz CT molecular complexity index is 872. The van der Waals surface area contributed by atoms with E-state index in [-0.39, 0.29) is 17.7 Å². The first-order valence-corrected chi connectivity index (χ1v) is 11.1. The van der Waals surface area contributed by atoms with E-state index in [0.29, 0.717) is 38.0 Å². The molecule has 0 unspecified atom stereocenters. The number of fused-ring (bicyclic) bond motifs is 1. The van der Waals surface area contributed by atoms with Gasteiger partial charge >= 0.3 is 0 Å². The van der Waals surface area contributed by atoms with Crippen LogP contribution < -0.4 is 5.32 Å². The maximum absolute atomic E-state index is 12.6. The lowest BCUT2D eigenvalue weighted by Crippen LogP contribution is -2.43. The summed E-state index contributed by atoms with van der Waals surface area (Å²) in [6, 6.07) is 7.40. The molecule has 2 aliphatic heterocycles. The van der Waals surface area contributed by atoms with Crippen LogP contribution in [0, 0.1) is 5.92 Å². The summed E-state index contributed by atoms with van der Waals surface area (Å²) in [5.41, 5.74) is 0.684. The third kappa shape index (κ3) is 4.69. The van der Waals surface area contributed by atoms with Gasteiger partial charge in [-0.25, -0.2) is 0 Å². The van der Waals surface area contributed by atoms with Crippen molar-refractivity contribution in [1.29, 1.82) is 0 Å². The number of rotatable bonds is 4. The van der Waals surface area contributed by atoms with Crippen LogP contribution in [0.4, 0.5) is 0 Å². The number of piperidine rings is 1. The van der Waals surface area contributed by atoms with Crippen LogP contribution in [0.1, 0.15) is 54.1 Å². The van der Waals surface area contributed by atoms with Gasteiger partial charge in [0.2, 0.25) is 5.91 Å². The number of aryl methyl sites for hydroxylation is 1. The molecule has 0 saturated carbocycles. The van der Waals surface area contributed by atoms with Gasteiger partial charge in [-0.3, -0.25) is 9.59 Å². The molecule has 29 heavy (non-hydrogen) atoms. The van der Waals surface area contributed by atoms with Crippen LogP contribution in [0.2, 0.25) is 0 Å². The maximum Gasteiger partial charge on any atom is 0.253 e. The van der Waals surface area contributed by atoms with Crippen molar-refractivity contribution in [2.24, 2.45) is 5.92 Å². The second kappa shape index (κ2) is 9.07. The van der Waals surface area contributed by atoms with Crippen LogP contribution in [0.3, 0.4) is 0 Å². The van der Waals surface area contributed by atoms with Gasteiger partial charge in [0.1, 0.15) is 5.82 Å². The van der Waals surface area contributed by atoms with Crippen molar-refractivity contribution < 1.29 is 9.59 Å². The van der Waals surface area contributed by atoms with Crippen LogP contribution in [-0.4, -0.2) is 44.6 Å². The average Bonchev–Trinajstić information content (AvgIpc) is 2.98. The van der Waals surface area contributed by atoms with Gasteiger partial charge in [-0.2, -0.15) is 0 Å². The normalized spacial score (nSPS) is 17.5. The fraction of sp³-hybridized carbons (Fsp3) is 0.524. The summed E-state index contributed by atoms with van der Waals surface area (Å²) in [4.78, 5) is 27.1. The molecule has 0 radical (unpaired) electrons. The predicted octanol–water partition coefficient (Wildman–Crippen LogP) is 2.94. The summed E-state index contributed by atoms with van der Waals surface area (Å²) in [5, 5.41) is 11.6. The quantitative estimate of drug-likeness (QED) is 0.761. The number of amides is 2. The van der Waals surface area contributed by atoms with Gasteiger partial charge in [-0.15, -0.1) is 10.2 Å². The molecule has 2 amide bonds. The molecule has 1 saturated heterocycles. The Kier molecular flexibility index (Phi) is 6.28. The van der Waals surface area contributed by atoms with E-state index in [1.54, 1.807) is 0 Å². The molecule has 4 rings (SSSR count). The molecule has 0 aliphatic carbocycles. The Morgan fingerprint density at radius 1 is 1.03 bits per heavy atom. The summed E-state index contributed by atoms with van der Waals surface area (Å²) in [5.74, 6) is 1.90. The number of nitrogens with zero attached hydrogens (tertiary/aromatic N) is 4. The highest BCUT2D eigenvalue weighted by Gasteiger charge is 2.28. The Morgan fingerprint density at radius 3 is 2.55 bits per heavy atom. The van der Waals surface area contributed by atoms with E-state index in [9.17, 15) is 9.59 Å². The number of benzene rings is 1. The van der Waals surface area contributed by atoms with E-state index in [0.717, 1.165) is 41.9 Å². The molecular formula is C21H26BrN5O2. The van der Waals surface area contributed by atoms with Crippen molar-refractivity contribution in [2.45, 2.75) is 51.6 Å². The number of carbonyl (C=O) groups excluding carboxylic acids is 2. The van der Waals surface area contributed by atoms with Crippen LogP contribution in [-0.2, 0) is 24.3 Å². The Balaban J connectivity index is 1.28. The number of likely N-dealkylation sites (tertiary alicyclic amines) is 1. The maximum atomic E-state index is 12.6. The Hall–Kier alpha value is -2.22. The molecule has 154 valence electrons. The van der Waals surface area contributed by atoms with Gasteiger partial charge in [0.05, 0.1) is 6.54 Å². The molecular weight excluding hydrogens is 434 g/mol. The standard InChI is InChI=1S/C21H26BrN5O2/c22-17-7-5-16(6-8-17)21(29)26-12-9-15(10-13-26)20(28)23-14-19-25-24-18-4-2-1-3-11-27(18)19/h5-8,15H,1-4,9-14H2,(H,23,28). The van der Waals surface area contributed by atoms with Gasteiger partial charge in [-0.1, -0.05) is 22.4 Å². The largest absolute Gasteiger partial charge is 0.349 e. The predicted molar refractivity (Wildman–Crippen MR) is 112 cm³/mol. The molecule has 0 bridgehead atoms. The molecule has 1 N–H and O–H groups in total. The highest BCUT2D eigenvalue weighted by Crippen LogP contribution is 2.21. The lowest BCUT2D eigenvalue weighted by molar-refractivity contribution is -0.126. The van der Waals surface area contributed by atoms with E-state index < -0.39 is 0 Å². The van der Waals surface area contributed by atoms with Crippen molar-refractivity contribution in [2.75, 3.05) is 13.1 Å². The first kappa shape index (κ1) is 20.1. The Labute approximate surface area is 179 Å². The number of carbonyl (C=O) groups is 2. The number of halogens is 1. The van der Waals surface area contributed by atoms with E-state index in [1.807, 2.05) is 29.2 Å². The smallest absolute Gasteiger partial charge is 0.253 e. The first-order valence-electron chi connectivity index (χ1n) is 10.4. The summed E-state index contributed by atoms with van der Waals surface area (Å²) in [6.07, 6.45) is 5.84. The zero-order valence-corrected chi connectivity index (χ0v) is 18.0. The molecule has 2 aliphatic rings. The van der Waals surface area contributed by atoms with Crippen molar-refractivity contribution in [3.63, 3.8) is 0 Å². The van der Waals surface area contributed by atoms with Crippen molar-refractivity contribution in [1.82, 2.24) is 25.0 Å². The second-order valence-electron chi connectivity index (χ2n) is 7.79. The molecule has 7 nitrogen and oxygen atoms in total. The fourth-order valence-corrected chi connectivity index (χ4v) is 4.37. The minimum atomic E-state index is -0.0597. The topological polar surface area (TPSA) is 80.1 Å². The summed E-state index contributed by atoms with van der Waals surface area (Å²) in [7, 11) is 0. The van der Waals surface area contributed by atoms with Gasteiger partial charge in [0.25, 0.3) is 5.91 Å². The van der Waals surface area contributed by atoms with Gasteiger partial charge in [0, 0.05) is 42.0 Å². The summed E-state index contributed by atoms with van der Waals surface area (Å²) >= 11 is 3.39. The third-order valence-corrected chi connectivity index (χ3v) is 6.38. The average molecular weight is 460 g/mol. The molecule has 0 atom stereocenters. The highest BCUT2D eigenvalue weighted by atomic mass is 79.9. The molecule has 1 aromatic carbocycles. The SMILES string of the molecule is O=C(NCc1nnc2n1CCCCC2)C1CCN(C(=O)c2ccc(Br)cc2)CC1. The molecule has 3 heterocycles. The second-order valence-corrected chi connectivity index (χ2v) is 8.70. The van der Waals surface area contributed by atoms with E-state index in [2.05, 4.69) is 36.0 Å². The van der Waals surface area contributed by atoms with Crippen LogP contribution in [0.5, 0.6) is 0 Å². The van der Waals surface area contributed by atoms with E-state index in [1.165, 1.54) is 6.42 Å². The highest BCUT2D eigenvalue weighted by molar-refractivity contribution is 9.10. The number of aromatic nitrogens is 3. The first-order chi connectivity index (χ1) is 14.1. The third-order valence-electron chi connectivity index (χ3n) is 5.85. The summed E-state index contributed by atoms with van der Waals surface area (Å²) in [6.45, 7) is 2.56. The lowest BCUT2D eigenvalue weighted by atomic mass is 9.95. The van der Waals surface area contributed by atoms with Crippen molar-refractivity contribution >= 4 is 27.7 Å². The molecule has 0 spiro atoms. The number of hydrogen-bond donors (Lipinski definition) is 1. The zero-order chi connectivity index (χ0) is 20.2. The van der Waals surface area contributed by atoms with Crippen LogP contribution in [0.25, 0.3) is 0 Å². The fourth-order valence-electron chi connectivity index (χ4n) is 4.11. The molecule has 1 aromatic heterocycles. The molecule has 8 heteroatoms. The minimum Gasteiger partial charge on any atom is -0.349 e. The number of hydrogen-bond acceptors (Lipinski definition) is 4. The monoisotopic (exact) mass is 459 g/mol. The van der Waals surface area contributed by atoms with Gasteiger partial charge < -0.3 is 14.8 Å². The van der Waals surface area contributed by atoms with Gasteiger partial charge in [0.15, 0.2) is 5.82 Å². The number of nitrogens with one attached hydrogen (secondary N) is 1. The summed E-state index contributed by atoms with van der Waals surface area (Å²) < 4.78 is 3.11.